The van der Waals surface area contributed by atoms with Gasteiger partial charge in [-0.05, 0) is 36.8 Å². The quantitative estimate of drug-likeness (QED) is 0.522. The minimum absolute atomic E-state index is 0.0398. The molecule has 1 fully saturated rings. The lowest BCUT2D eigenvalue weighted by molar-refractivity contribution is -0.862. The summed E-state index contributed by atoms with van der Waals surface area (Å²) >= 11 is 0. The smallest absolute Gasteiger partial charge is 0.294 e. The number of ketones is 1. The van der Waals surface area contributed by atoms with Crippen LogP contribution in [-0.2, 0) is 16.3 Å². The van der Waals surface area contributed by atoms with Crippen LogP contribution in [0.3, 0.4) is 0 Å². The normalized spacial score (nSPS) is 22.1. The monoisotopic (exact) mass is 405 g/mol. The second-order valence-electron chi connectivity index (χ2n) is 8.18. The SMILES string of the molecule is C[C@H](CC(=O)c1ccc(C#N)cc1)C(=O)[N+]1(CCc2ccncc2)CCC([O])CC1. The number of pyridine rings is 1. The number of aromatic nitrogens is 1. The molecule has 1 atom stereocenters. The van der Waals surface area contributed by atoms with Gasteiger partial charge < -0.3 is 0 Å². The van der Waals surface area contributed by atoms with Crippen LogP contribution in [0.1, 0.15) is 47.7 Å². The summed E-state index contributed by atoms with van der Waals surface area (Å²) < 4.78 is 0.267. The number of nitriles is 1. The van der Waals surface area contributed by atoms with Crippen molar-refractivity contribution in [3.05, 3.63) is 65.5 Å². The Hall–Kier alpha value is -2.88. The molecule has 1 amide bonds. The van der Waals surface area contributed by atoms with Crippen LogP contribution in [0.25, 0.3) is 0 Å². The molecule has 155 valence electrons. The topological polar surface area (TPSA) is 90.7 Å². The second kappa shape index (κ2) is 9.75. The third-order valence-electron chi connectivity index (χ3n) is 6.05. The van der Waals surface area contributed by atoms with E-state index in [1.54, 1.807) is 43.6 Å². The molecule has 6 heteroatoms. The van der Waals surface area contributed by atoms with Crippen molar-refractivity contribution < 1.29 is 19.2 Å². The fourth-order valence-electron chi connectivity index (χ4n) is 4.17. The largest absolute Gasteiger partial charge is 0.316 e. The molecule has 0 unspecified atom stereocenters. The number of nitrogens with zero attached hydrogens (tertiary/aromatic N) is 3. The Labute approximate surface area is 177 Å². The summed E-state index contributed by atoms with van der Waals surface area (Å²) in [6.07, 6.45) is 4.70. The maximum Gasteiger partial charge on any atom is 0.316 e. The first-order chi connectivity index (χ1) is 14.4. The van der Waals surface area contributed by atoms with E-state index >= 15 is 0 Å². The van der Waals surface area contributed by atoms with E-state index in [1.807, 2.05) is 18.2 Å². The van der Waals surface area contributed by atoms with Crippen molar-refractivity contribution in [2.45, 2.75) is 38.7 Å². The third-order valence-corrected chi connectivity index (χ3v) is 6.05. The first-order valence-corrected chi connectivity index (χ1v) is 10.4. The Kier molecular flexibility index (Phi) is 7.09. The van der Waals surface area contributed by atoms with Gasteiger partial charge in [0.1, 0.15) is 6.10 Å². The van der Waals surface area contributed by atoms with Crippen LogP contribution >= 0.6 is 0 Å². The molecule has 2 heterocycles. The number of carbonyl (C=O) groups excluding carboxylic acids is 2. The second-order valence-corrected chi connectivity index (χ2v) is 8.18. The molecular weight excluding hydrogens is 378 g/mol. The van der Waals surface area contributed by atoms with Gasteiger partial charge in [0.15, 0.2) is 5.78 Å². The maximum atomic E-state index is 13.5. The predicted molar refractivity (Wildman–Crippen MR) is 111 cm³/mol. The van der Waals surface area contributed by atoms with E-state index < -0.39 is 12.0 Å². The van der Waals surface area contributed by atoms with Gasteiger partial charge in [0.25, 0.3) is 0 Å². The molecule has 1 aromatic heterocycles. The first-order valence-electron chi connectivity index (χ1n) is 10.4. The van der Waals surface area contributed by atoms with Crippen molar-refractivity contribution in [3.63, 3.8) is 0 Å². The lowest BCUT2D eigenvalue weighted by Gasteiger charge is -2.41. The number of hydrogen-bond acceptors (Lipinski definition) is 4. The van der Waals surface area contributed by atoms with Gasteiger partial charge in [-0.25, -0.2) is 9.90 Å². The minimum atomic E-state index is -0.611. The Bertz CT molecular complexity index is 911. The highest BCUT2D eigenvalue weighted by atomic mass is 16.3. The number of amides is 1. The van der Waals surface area contributed by atoms with Crippen molar-refractivity contribution in [1.29, 1.82) is 5.26 Å². The molecular formula is C24H27N3O3+. The summed E-state index contributed by atoms with van der Waals surface area (Å²) in [5.41, 5.74) is 2.12. The predicted octanol–water partition coefficient (Wildman–Crippen LogP) is 3.34. The summed E-state index contributed by atoms with van der Waals surface area (Å²) in [5.74, 6) is -0.502. The molecule has 2 aromatic rings. The minimum Gasteiger partial charge on any atom is -0.294 e. The molecule has 6 nitrogen and oxygen atoms in total. The number of hydrogen-bond donors (Lipinski definition) is 0. The van der Waals surface area contributed by atoms with E-state index in [-0.39, 0.29) is 22.6 Å². The summed E-state index contributed by atoms with van der Waals surface area (Å²) in [6.45, 7) is 3.51. The fourth-order valence-corrected chi connectivity index (χ4v) is 4.17. The van der Waals surface area contributed by atoms with E-state index in [0.29, 0.717) is 43.6 Å². The molecule has 1 radical (unpaired) electrons. The zero-order valence-electron chi connectivity index (χ0n) is 17.3. The zero-order chi connectivity index (χ0) is 21.6. The standard InChI is InChI=1S/C24H27N3O3/c1-18(16-23(29)21-4-2-20(17-25)3-5-21)24(30)27(14-9-22(28)10-15-27)13-8-19-6-11-26-12-7-19/h2-7,11-12,18,22H,8-10,13-16H2,1H3/q+1/t18-,22?,27?/m1/s1. The lowest BCUT2D eigenvalue weighted by atomic mass is 9.94. The molecule has 0 aliphatic carbocycles. The Morgan fingerprint density at radius 3 is 2.37 bits per heavy atom. The number of rotatable bonds is 7. The van der Waals surface area contributed by atoms with Crippen LogP contribution < -0.4 is 0 Å². The summed E-state index contributed by atoms with van der Waals surface area (Å²) in [7, 11) is 0. The highest BCUT2D eigenvalue weighted by Gasteiger charge is 2.43. The number of likely N-dealkylation sites (tertiary alicyclic amines) is 1. The van der Waals surface area contributed by atoms with Gasteiger partial charge in [0.05, 0.1) is 37.2 Å². The molecule has 0 bridgehead atoms. The molecule has 1 aliphatic heterocycles. The molecule has 0 N–H and O–H groups in total. The number of piperidine rings is 1. The molecule has 0 spiro atoms. The summed E-state index contributed by atoms with van der Waals surface area (Å²) in [6, 6.07) is 12.4. The average molecular weight is 405 g/mol. The van der Waals surface area contributed by atoms with Gasteiger partial charge in [0, 0.05) is 43.6 Å². The lowest BCUT2D eigenvalue weighted by Crippen LogP contribution is -2.60. The van der Waals surface area contributed by atoms with Crippen molar-refractivity contribution in [2.24, 2.45) is 5.92 Å². The van der Waals surface area contributed by atoms with Crippen molar-refractivity contribution in [1.82, 2.24) is 4.98 Å². The van der Waals surface area contributed by atoms with E-state index in [9.17, 15) is 14.7 Å². The molecule has 1 aliphatic rings. The highest BCUT2D eigenvalue weighted by Crippen LogP contribution is 2.26. The van der Waals surface area contributed by atoms with E-state index in [1.165, 1.54) is 0 Å². The molecule has 30 heavy (non-hydrogen) atoms. The van der Waals surface area contributed by atoms with E-state index in [2.05, 4.69) is 4.98 Å². The van der Waals surface area contributed by atoms with Gasteiger partial charge in [-0.1, -0.05) is 12.1 Å². The third kappa shape index (κ3) is 5.18. The van der Waals surface area contributed by atoms with Crippen LogP contribution in [0.2, 0.25) is 0 Å². The number of benzene rings is 1. The molecule has 0 saturated carbocycles. The van der Waals surface area contributed by atoms with Crippen molar-refractivity contribution in [3.8, 4) is 6.07 Å². The first kappa shape index (κ1) is 21.8. The Morgan fingerprint density at radius 1 is 1.13 bits per heavy atom. The number of carbonyl (C=O) groups is 2. The van der Waals surface area contributed by atoms with Crippen LogP contribution in [0.5, 0.6) is 0 Å². The van der Waals surface area contributed by atoms with Crippen LogP contribution in [0, 0.1) is 17.2 Å². The Balaban J connectivity index is 1.71. The van der Waals surface area contributed by atoms with Crippen molar-refractivity contribution in [2.75, 3.05) is 19.6 Å². The van der Waals surface area contributed by atoms with Gasteiger partial charge >= 0.3 is 5.91 Å². The van der Waals surface area contributed by atoms with E-state index in [0.717, 1.165) is 12.0 Å². The average Bonchev–Trinajstić information content (AvgIpc) is 2.79. The molecule has 1 aromatic carbocycles. The highest BCUT2D eigenvalue weighted by molar-refractivity contribution is 5.98. The zero-order valence-corrected chi connectivity index (χ0v) is 17.3. The molecule has 3 rings (SSSR count). The van der Waals surface area contributed by atoms with Gasteiger partial charge in [-0.3, -0.25) is 14.3 Å². The molecule has 1 saturated heterocycles. The van der Waals surface area contributed by atoms with Crippen LogP contribution in [0.15, 0.2) is 48.8 Å². The number of quaternary nitrogens is 1. The summed E-state index contributed by atoms with van der Waals surface area (Å²) in [4.78, 5) is 30.2. The van der Waals surface area contributed by atoms with Gasteiger partial charge in [-0.15, -0.1) is 0 Å². The van der Waals surface area contributed by atoms with Gasteiger partial charge in [0.2, 0.25) is 0 Å². The van der Waals surface area contributed by atoms with Gasteiger partial charge in [-0.2, -0.15) is 5.26 Å². The summed E-state index contributed by atoms with van der Waals surface area (Å²) in [5, 5.41) is 20.8. The fraction of sp³-hybridized carbons (Fsp3) is 0.417. The van der Waals surface area contributed by atoms with Crippen LogP contribution in [0.4, 0.5) is 0 Å². The van der Waals surface area contributed by atoms with E-state index in [4.69, 9.17) is 5.26 Å². The number of Topliss-reactive ketones (excluding diaryl/α,β-unsaturated/α-hetero) is 1. The Morgan fingerprint density at radius 2 is 1.77 bits per heavy atom. The van der Waals surface area contributed by atoms with Crippen LogP contribution in [-0.4, -0.2) is 46.9 Å². The maximum absolute atomic E-state index is 13.5. The van der Waals surface area contributed by atoms with Crippen molar-refractivity contribution >= 4 is 11.7 Å².